The Morgan fingerprint density at radius 2 is 1.29 bits per heavy atom. The molecule has 8 heteroatoms. The van der Waals surface area contributed by atoms with E-state index in [2.05, 4.69) is 45.7 Å². The second kappa shape index (κ2) is 5.78. The molecule has 3 rings (SSSR count). The second-order valence-corrected chi connectivity index (χ2v) is 6.72. The molecular formula is C16H8Br2N2O4. The van der Waals surface area contributed by atoms with Crippen molar-refractivity contribution in [3.8, 4) is 0 Å². The quantitative estimate of drug-likeness (QED) is 0.647. The third-order valence-electron chi connectivity index (χ3n) is 3.56. The lowest BCUT2D eigenvalue weighted by Crippen LogP contribution is -2.34. The summed E-state index contributed by atoms with van der Waals surface area (Å²) in [7, 11) is 0. The minimum atomic E-state index is -0.565. The topological polar surface area (TPSA) is 74.8 Å². The number of carbonyl (C=O) groups is 4. The summed E-state index contributed by atoms with van der Waals surface area (Å²) in [5.41, 5.74) is 0.878. The lowest BCUT2D eigenvalue weighted by Gasteiger charge is -2.24. The van der Waals surface area contributed by atoms with Crippen molar-refractivity contribution < 1.29 is 19.2 Å². The summed E-state index contributed by atoms with van der Waals surface area (Å²) in [5.74, 6) is -2.22. The maximum absolute atomic E-state index is 12.2. The summed E-state index contributed by atoms with van der Waals surface area (Å²) in [4.78, 5) is 50.3. The Hall–Kier alpha value is -2.06. The van der Waals surface area contributed by atoms with Crippen LogP contribution in [0.1, 0.15) is 11.1 Å². The van der Waals surface area contributed by atoms with Crippen LogP contribution in [0.3, 0.4) is 0 Å². The normalized spacial score (nSPS) is 17.8. The van der Waals surface area contributed by atoms with Crippen molar-refractivity contribution in [2.75, 3.05) is 9.80 Å². The van der Waals surface area contributed by atoms with E-state index in [1.807, 2.05) is 0 Å². The van der Waals surface area contributed by atoms with Crippen molar-refractivity contribution in [3.63, 3.8) is 0 Å². The lowest BCUT2D eigenvalue weighted by atomic mass is 10.0. The number of amides is 4. The molecule has 0 bridgehead atoms. The molecule has 6 nitrogen and oxygen atoms in total. The highest BCUT2D eigenvalue weighted by molar-refractivity contribution is 9.12. The zero-order valence-electron chi connectivity index (χ0n) is 12.0. The van der Waals surface area contributed by atoms with E-state index in [-0.39, 0.29) is 25.9 Å². The van der Waals surface area contributed by atoms with Crippen LogP contribution < -0.4 is 9.80 Å². The predicted molar refractivity (Wildman–Crippen MR) is 94.4 cm³/mol. The first-order valence-electron chi connectivity index (χ1n) is 6.56. The molecule has 0 atom stereocenters. The van der Waals surface area contributed by atoms with Crippen molar-refractivity contribution in [2.45, 2.75) is 0 Å². The van der Waals surface area contributed by atoms with Crippen molar-refractivity contribution in [1.82, 2.24) is 0 Å². The Morgan fingerprint density at radius 3 is 1.75 bits per heavy atom. The molecule has 2 heterocycles. The molecule has 0 spiro atoms. The number of hydrogen-bond donors (Lipinski definition) is 0. The number of halogens is 2. The third kappa shape index (κ3) is 2.37. The number of hydrogen-bond acceptors (Lipinski definition) is 4. The molecular weight excluding hydrogens is 444 g/mol. The van der Waals surface area contributed by atoms with E-state index >= 15 is 0 Å². The number of anilines is 2. The highest BCUT2D eigenvalue weighted by Crippen LogP contribution is 2.38. The van der Waals surface area contributed by atoms with Crippen molar-refractivity contribution in [2.24, 2.45) is 0 Å². The lowest BCUT2D eigenvalue weighted by molar-refractivity contribution is -0.121. The van der Waals surface area contributed by atoms with Crippen molar-refractivity contribution in [1.29, 1.82) is 0 Å². The fourth-order valence-corrected chi connectivity index (χ4v) is 3.23. The molecule has 1 aromatic carbocycles. The monoisotopic (exact) mass is 450 g/mol. The minimum absolute atomic E-state index is 0.106. The van der Waals surface area contributed by atoms with Gasteiger partial charge in [-0.05, 0) is 57.3 Å². The van der Waals surface area contributed by atoms with E-state index in [9.17, 15) is 19.2 Å². The molecule has 24 heavy (non-hydrogen) atoms. The van der Waals surface area contributed by atoms with Crippen LogP contribution in [0.4, 0.5) is 11.4 Å². The van der Waals surface area contributed by atoms with Gasteiger partial charge in [-0.3, -0.25) is 19.2 Å². The van der Waals surface area contributed by atoms with Crippen LogP contribution in [0.5, 0.6) is 0 Å². The summed E-state index contributed by atoms with van der Waals surface area (Å²) < 4.78 is 0.222. The summed E-state index contributed by atoms with van der Waals surface area (Å²) in [6.07, 6.45) is 2.28. The van der Waals surface area contributed by atoms with Gasteiger partial charge in [0.25, 0.3) is 23.6 Å². The molecule has 1 aromatic rings. The summed E-state index contributed by atoms with van der Waals surface area (Å²) >= 11 is 6.03. The largest absolute Gasteiger partial charge is 0.272 e. The second-order valence-electron chi connectivity index (χ2n) is 5.01. The Balaban J connectivity index is 2.14. The molecule has 0 saturated carbocycles. The molecule has 0 aliphatic carbocycles. The smallest absolute Gasteiger partial charge is 0.269 e. The van der Waals surface area contributed by atoms with Crippen LogP contribution in [0.25, 0.3) is 0 Å². The van der Waals surface area contributed by atoms with E-state index in [0.29, 0.717) is 5.56 Å². The zero-order valence-corrected chi connectivity index (χ0v) is 15.2. The van der Waals surface area contributed by atoms with Gasteiger partial charge in [-0.2, -0.15) is 0 Å². The molecule has 2 aliphatic rings. The number of nitrogens with zero attached hydrogens (tertiary/aromatic N) is 2. The van der Waals surface area contributed by atoms with Crippen LogP contribution in [0, 0.1) is 13.8 Å². The van der Waals surface area contributed by atoms with Gasteiger partial charge in [0.1, 0.15) is 0 Å². The molecule has 2 radical (unpaired) electrons. The van der Waals surface area contributed by atoms with Crippen molar-refractivity contribution >= 4 is 66.9 Å². The SMILES string of the molecule is [CH2]c1ccc(N2C(=O)C=C(Br)C2=O)c([CH2])c1N1C(=O)C=C(Br)C1=O. The Bertz CT molecular complexity index is 902. The van der Waals surface area contributed by atoms with E-state index in [4.69, 9.17) is 0 Å². The number of rotatable bonds is 2. The molecule has 0 aromatic heterocycles. The van der Waals surface area contributed by atoms with Gasteiger partial charge in [-0.25, -0.2) is 9.80 Å². The van der Waals surface area contributed by atoms with Crippen LogP contribution in [-0.2, 0) is 19.2 Å². The van der Waals surface area contributed by atoms with Gasteiger partial charge in [0.2, 0.25) is 0 Å². The van der Waals surface area contributed by atoms with Crippen LogP contribution in [-0.4, -0.2) is 23.6 Å². The Kier molecular flexibility index (Phi) is 4.05. The van der Waals surface area contributed by atoms with Crippen LogP contribution in [0.15, 0.2) is 33.2 Å². The van der Waals surface area contributed by atoms with Gasteiger partial charge < -0.3 is 0 Å². The Labute approximate surface area is 154 Å². The molecule has 0 fully saturated rings. The average molecular weight is 452 g/mol. The fraction of sp³-hybridized carbons (Fsp3) is 0. The molecule has 0 N–H and O–H groups in total. The molecule has 0 saturated heterocycles. The van der Waals surface area contributed by atoms with E-state index in [1.165, 1.54) is 12.1 Å². The Morgan fingerprint density at radius 1 is 0.792 bits per heavy atom. The van der Waals surface area contributed by atoms with Gasteiger partial charge in [0, 0.05) is 17.7 Å². The van der Waals surface area contributed by atoms with Gasteiger partial charge in [-0.15, -0.1) is 0 Å². The molecule has 2 aliphatic heterocycles. The van der Waals surface area contributed by atoms with Gasteiger partial charge in [0.05, 0.1) is 20.3 Å². The van der Waals surface area contributed by atoms with E-state index in [1.54, 1.807) is 0 Å². The number of carbonyl (C=O) groups excluding carboxylic acids is 4. The standard InChI is InChI=1S/C16H8Br2N2O4/c1-7-3-4-11(19-12(21)5-9(17)15(19)23)8(2)14(7)20-13(22)6-10(18)16(20)24/h3-6H,1-2H2. The van der Waals surface area contributed by atoms with Crippen LogP contribution in [0.2, 0.25) is 0 Å². The van der Waals surface area contributed by atoms with Crippen LogP contribution >= 0.6 is 31.9 Å². The maximum atomic E-state index is 12.2. The summed E-state index contributed by atoms with van der Waals surface area (Å²) in [5, 5.41) is 0. The molecule has 0 unspecified atom stereocenters. The highest BCUT2D eigenvalue weighted by Gasteiger charge is 2.36. The van der Waals surface area contributed by atoms with E-state index in [0.717, 1.165) is 22.0 Å². The van der Waals surface area contributed by atoms with Crippen molar-refractivity contribution in [3.05, 3.63) is 58.2 Å². The first kappa shape index (κ1) is 16.8. The molecule has 120 valence electrons. The first-order chi connectivity index (χ1) is 11.2. The van der Waals surface area contributed by atoms with E-state index < -0.39 is 23.6 Å². The molecule has 4 amide bonds. The highest BCUT2D eigenvalue weighted by atomic mass is 79.9. The van der Waals surface area contributed by atoms with Gasteiger partial charge in [-0.1, -0.05) is 6.07 Å². The summed E-state index contributed by atoms with van der Waals surface area (Å²) in [6.45, 7) is 7.65. The fourth-order valence-electron chi connectivity index (χ4n) is 2.49. The number of benzene rings is 1. The first-order valence-corrected chi connectivity index (χ1v) is 8.14. The average Bonchev–Trinajstić information content (AvgIpc) is 2.90. The third-order valence-corrected chi connectivity index (χ3v) is 4.70. The zero-order chi connectivity index (χ0) is 17.8. The summed E-state index contributed by atoms with van der Waals surface area (Å²) in [6, 6.07) is 3.01. The van der Waals surface area contributed by atoms with Gasteiger partial charge >= 0.3 is 0 Å². The number of imide groups is 2. The minimum Gasteiger partial charge on any atom is -0.269 e. The van der Waals surface area contributed by atoms with Gasteiger partial charge in [0.15, 0.2) is 0 Å². The predicted octanol–water partition coefficient (Wildman–Crippen LogP) is 2.35. The maximum Gasteiger partial charge on any atom is 0.272 e.